The van der Waals surface area contributed by atoms with Crippen LogP contribution in [0.1, 0.15) is 52.7 Å². The molecule has 0 spiro atoms. The van der Waals surface area contributed by atoms with Gasteiger partial charge in [-0.3, -0.25) is 0 Å². The summed E-state index contributed by atoms with van der Waals surface area (Å²) in [6, 6.07) is 0.531. The lowest BCUT2D eigenvalue weighted by atomic mass is 9.81. The Hall–Kier alpha value is -0.830. The number of nitrogens with zero attached hydrogens (tertiary/aromatic N) is 1. The Labute approximate surface area is 99.1 Å². The third-order valence-electron chi connectivity index (χ3n) is 3.13. The Morgan fingerprint density at radius 3 is 2.75 bits per heavy atom. The predicted octanol–water partition coefficient (Wildman–Crippen LogP) is 2.86. The fourth-order valence-electron chi connectivity index (χ4n) is 1.90. The first-order chi connectivity index (χ1) is 7.58. The molecule has 16 heavy (non-hydrogen) atoms. The van der Waals surface area contributed by atoms with E-state index in [-0.39, 0.29) is 5.41 Å². The van der Waals surface area contributed by atoms with Gasteiger partial charge in [0, 0.05) is 29.9 Å². The van der Waals surface area contributed by atoms with Crippen molar-refractivity contribution < 1.29 is 0 Å². The highest BCUT2D eigenvalue weighted by molar-refractivity contribution is 5.12. The molecule has 0 aliphatic carbocycles. The lowest BCUT2D eigenvalue weighted by Crippen LogP contribution is -2.39. The smallest absolute Gasteiger partial charge is 0.0921 e. The molecule has 0 fully saturated rings. The summed E-state index contributed by atoms with van der Waals surface area (Å²) in [5.74, 6) is 0. The van der Waals surface area contributed by atoms with Crippen LogP contribution >= 0.6 is 0 Å². The minimum Gasteiger partial charge on any atom is -0.348 e. The highest BCUT2D eigenvalue weighted by Crippen LogP contribution is 2.27. The molecule has 1 aromatic rings. The minimum absolute atomic E-state index is 0.177. The summed E-state index contributed by atoms with van der Waals surface area (Å²) in [4.78, 5) is 7.40. The van der Waals surface area contributed by atoms with Crippen LogP contribution in [0.25, 0.3) is 0 Å². The van der Waals surface area contributed by atoms with Gasteiger partial charge in [0.25, 0.3) is 0 Å². The number of nitrogens with one attached hydrogen (secondary N) is 2. The van der Waals surface area contributed by atoms with Crippen molar-refractivity contribution in [1.29, 1.82) is 0 Å². The SMILES string of the molecule is CCCCC(C)(CNC(C)C)c1cnc[nH]1. The molecule has 3 heteroatoms. The van der Waals surface area contributed by atoms with Crippen molar-refractivity contribution in [2.45, 2.75) is 58.4 Å². The fraction of sp³-hybridized carbons (Fsp3) is 0.769. The number of imidazole rings is 1. The van der Waals surface area contributed by atoms with Gasteiger partial charge in [0.1, 0.15) is 0 Å². The Balaban J connectivity index is 2.68. The van der Waals surface area contributed by atoms with Gasteiger partial charge in [-0.05, 0) is 6.42 Å². The summed E-state index contributed by atoms with van der Waals surface area (Å²) in [6.07, 6.45) is 7.43. The van der Waals surface area contributed by atoms with Crippen molar-refractivity contribution in [1.82, 2.24) is 15.3 Å². The van der Waals surface area contributed by atoms with Crippen molar-refractivity contribution in [3.05, 3.63) is 18.2 Å². The van der Waals surface area contributed by atoms with E-state index in [1.807, 2.05) is 6.20 Å². The molecule has 0 aliphatic rings. The molecule has 0 amide bonds. The van der Waals surface area contributed by atoms with Crippen molar-refractivity contribution >= 4 is 0 Å². The summed E-state index contributed by atoms with van der Waals surface area (Å²) >= 11 is 0. The second-order valence-electron chi connectivity index (χ2n) is 5.17. The Morgan fingerprint density at radius 1 is 1.50 bits per heavy atom. The number of unbranched alkanes of at least 4 members (excludes halogenated alkanes) is 1. The molecule has 92 valence electrons. The van der Waals surface area contributed by atoms with Crippen LogP contribution in [-0.4, -0.2) is 22.6 Å². The summed E-state index contributed by atoms with van der Waals surface area (Å²) in [5.41, 5.74) is 1.42. The number of aromatic amines is 1. The average Bonchev–Trinajstić information content (AvgIpc) is 2.77. The third kappa shape index (κ3) is 3.63. The average molecular weight is 223 g/mol. The lowest BCUT2D eigenvalue weighted by molar-refractivity contribution is 0.366. The topological polar surface area (TPSA) is 40.7 Å². The van der Waals surface area contributed by atoms with Gasteiger partial charge >= 0.3 is 0 Å². The zero-order valence-electron chi connectivity index (χ0n) is 11.0. The van der Waals surface area contributed by atoms with Gasteiger partial charge < -0.3 is 10.3 Å². The maximum Gasteiger partial charge on any atom is 0.0921 e. The molecule has 1 rings (SSSR count). The molecule has 1 unspecified atom stereocenters. The standard InChI is InChI=1S/C13H25N3/c1-5-6-7-13(4,9-15-11(2)3)12-8-14-10-16-12/h8,10-11,15H,5-7,9H2,1-4H3,(H,14,16). The molecule has 1 atom stereocenters. The molecule has 1 heterocycles. The van der Waals surface area contributed by atoms with E-state index < -0.39 is 0 Å². The maximum atomic E-state index is 4.14. The van der Waals surface area contributed by atoms with E-state index in [9.17, 15) is 0 Å². The summed E-state index contributed by atoms with van der Waals surface area (Å²) in [5, 5.41) is 3.54. The third-order valence-corrected chi connectivity index (χ3v) is 3.13. The molecule has 1 aromatic heterocycles. The van der Waals surface area contributed by atoms with Gasteiger partial charge in [-0.1, -0.05) is 40.5 Å². The number of H-pyrrole nitrogens is 1. The Bertz CT molecular complexity index is 279. The normalized spacial score (nSPS) is 15.3. The van der Waals surface area contributed by atoms with Gasteiger partial charge in [0.2, 0.25) is 0 Å². The molecule has 0 saturated heterocycles. The highest BCUT2D eigenvalue weighted by atomic mass is 14.9. The van der Waals surface area contributed by atoms with E-state index in [1.54, 1.807) is 6.33 Å². The predicted molar refractivity (Wildman–Crippen MR) is 68.6 cm³/mol. The Kier molecular flexibility index (Phi) is 5.00. The molecule has 3 nitrogen and oxygen atoms in total. The molecule has 0 aliphatic heterocycles. The van der Waals surface area contributed by atoms with Crippen LogP contribution in [0.2, 0.25) is 0 Å². The van der Waals surface area contributed by atoms with Crippen LogP contribution in [0.4, 0.5) is 0 Å². The first kappa shape index (κ1) is 13.2. The van der Waals surface area contributed by atoms with Crippen molar-refractivity contribution in [3.63, 3.8) is 0 Å². The van der Waals surface area contributed by atoms with Crippen LogP contribution in [0, 0.1) is 0 Å². The van der Waals surface area contributed by atoms with Crippen LogP contribution < -0.4 is 5.32 Å². The van der Waals surface area contributed by atoms with Crippen molar-refractivity contribution in [2.75, 3.05) is 6.54 Å². The monoisotopic (exact) mass is 223 g/mol. The molecule has 0 saturated carbocycles. The molecule has 2 N–H and O–H groups in total. The van der Waals surface area contributed by atoms with Crippen molar-refractivity contribution in [3.8, 4) is 0 Å². The molecule has 0 radical (unpaired) electrons. The molecule has 0 bridgehead atoms. The van der Waals surface area contributed by atoms with Crippen LogP contribution in [-0.2, 0) is 5.41 Å². The van der Waals surface area contributed by atoms with E-state index in [2.05, 4.69) is 43.0 Å². The highest BCUT2D eigenvalue weighted by Gasteiger charge is 2.27. The summed E-state index contributed by atoms with van der Waals surface area (Å²) in [7, 11) is 0. The lowest BCUT2D eigenvalue weighted by Gasteiger charge is -2.29. The van der Waals surface area contributed by atoms with E-state index in [1.165, 1.54) is 25.0 Å². The van der Waals surface area contributed by atoms with Gasteiger partial charge in [-0.2, -0.15) is 0 Å². The zero-order chi connectivity index (χ0) is 12.0. The zero-order valence-corrected chi connectivity index (χ0v) is 11.0. The Morgan fingerprint density at radius 2 is 2.25 bits per heavy atom. The molecular weight excluding hydrogens is 198 g/mol. The number of hydrogen-bond donors (Lipinski definition) is 2. The van der Waals surface area contributed by atoms with Crippen LogP contribution in [0.15, 0.2) is 12.5 Å². The number of aromatic nitrogens is 2. The van der Waals surface area contributed by atoms with Crippen molar-refractivity contribution in [2.24, 2.45) is 0 Å². The first-order valence-corrected chi connectivity index (χ1v) is 6.30. The number of rotatable bonds is 7. The number of hydrogen-bond acceptors (Lipinski definition) is 2. The molecular formula is C13H25N3. The van der Waals surface area contributed by atoms with E-state index in [4.69, 9.17) is 0 Å². The maximum absolute atomic E-state index is 4.14. The van der Waals surface area contributed by atoms with E-state index >= 15 is 0 Å². The summed E-state index contributed by atoms with van der Waals surface area (Å²) < 4.78 is 0. The second-order valence-corrected chi connectivity index (χ2v) is 5.17. The summed E-state index contributed by atoms with van der Waals surface area (Å²) in [6.45, 7) is 9.93. The van der Waals surface area contributed by atoms with Gasteiger partial charge in [-0.25, -0.2) is 4.98 Å². The van der Waals surface area contributed by atoms with Crippen LogP contribution in [0.3, 0.4) is 0 Å². The quantitative estimate of drug-likeness (QED) is 0.746. The molecule has 0 aromatic carbocycles. The fourth-order valence-corrected chi connectivity index (χ4v) is 1.90. The largest absolute Gasteiger partial charge is 0.348 e. The minimum atomic E-state index is 0.177. The van der Waals surface area contributed by atoms with E-state index in [0.29, 0.717) is 6.04 Å². The van der Waals surface area contributed by atoms with Gasteiger partial charge in [-0.15, -0.1) is 0 Å². The second kappa shape index (κ2) is 6.04. The van der Waals surface area contributed by atoms with E-state index in [0.717, 1.165) is 6.54 Å². The van der Waals surface area contributed by atoms with Crippen LogP contribution in [0.5, 0.6) is 0 Å². The van der Waals surface area contributed by atoms with Gasteiger partial charge in [0.15, 0.2) is 0 Å². The van der Waals surface area contributed by atoms with Gasteiger partial charge in [0.05, 0.1) is 6.33 Å². The first-order valence-electron chi connectivity index (χ1n) is 6.30.